The van der Waals surface area contributed by atoms with Crippen LogP contribution in [0, 0.1) is 6.92 Å². The van der Waals surface area contributed by atoms with Crippen LogP contribution >= 0.6 is 0 Å². The molecular weight excluding hydrogens is 512 g/mol. The van der Waals surface area contributed by atoms with Crippen molar-refractivity contribution >= 4 is 39.2 Å². The minimum absolute atomic E-state index is 0.0555. The second kappa shape index (κ2) is 10.9. The fraction of sp³-hybridized carbons (Fsp3) is 0.222. The van der Waals surface area contributed by atoms with Gasteiger partial charge in [-0.25, -0.2) is 18.0 Å². The number of para-hydroxylation sites is 1. The predicted octanol–water partition coefficient (Wildman–Crippen LogP) is 3.34. The zero-order valence-corrected chi connectivity index (χ0v) is 21.8. The van der Waals surface area contributed by atoms with Crippen LogP contribution in [-0.2, 0) is 30.7 Å². The average Bonchev–Trinajstić information content (AvgIpc) is 3.36. The molecule has 3 aromatic carbocycles. The summed E-state index contributed by atoms with van der Waals surface area (Å²) < 4.78 is 43.0. The van der Waals surface area contributed by atoms with E-state index in [1.54, 1.807) is 13.0 Å². The minimum Gasteiger partial charge on any atom is -0.483 e. The Bertz CT molecular complexity index is 1480. The molecule has 0 saturated carbocycles. The first-order valence-corrected chi connectivity index (χ1v) is 13.0. The largest absolute Gasteiger partial charge is 0.483 e. The van der Waals surface area contributed by atoms with Crippen LogP contribution in [0.1, 0.15) is 31.8 Å². The Morgan fingerprint density at radius 2 is 1.58 bits per heavy atom. The van der Waals surface area contributed by atoms with E-state index in [1.165, 1.54) is 54.9 Å². The molecule has 3 aromatic rings. The number of benzene rings is 3. The van der Waals surface area contributed by atoms with Gasteiger partial charge in [-0.05, 0) is 66.9 Å². The van der Waals surface area contributed by atoms with E-state index in [9.17, 15) is 22.8 Å². The van der Waals surface area contributed by atoms with Crippen LogP contribution in [0.3, 0.4) is 0 Å². The van der Waals surface area contributed by atoms with Gasteiger partial charge < -0.3 is 19.5 Å². The van der Waals surface area contributed by atoms with Crippen molar-refractivity contribution in [1.82, 2.24) is 0 Å². The van der Waals surface area contributed by atoms with E-state index in [2.05, 4.69) is 5.32 Å². The molecule has 38 heavy (non-hydrogen) atoms. The highest BCUT2D eigenvalue weighted by atomic mass is 32.2. The quantitative estimate of drug-likeness (QED) is 0.433. The normalized spacial score (nSPS) is 12.4. The summed E-state index contributed by atoms with van der Waals surface area (Å²) in [5, 5.41) is 2.57. The molecule has 1 aliphatic rings. The van der Waals surface area contributed by atoms with E-state index in [1.807, 2.05) is 18.2 Å². The van der Waals surface area contributed by atoms with Crippen molar-refractivity contribution in [3.8, 4) is 5.75 Å². The van der Waals surface area contributed by atoms with Gasteiger partial charge in [0.05, 0.1) is 35.9 Å². The third kappa shape index (κ3) is 5.47. The van der Waals surface area contributed by atoms with Gasteiger partial charge in [0.25, 0.3) is 15.9 Å². The molecule has 0 aromatic heterocycles. The molecule has 1 N–H and O–H groups in total. The Kier molecular flexibility index (Phi) is 7.67. The molecule has 0 fully saturated rings. The first-order valence-electron chi connectivity index (χ1n) is 11.6. The lowest BCUT2D eigenvalue weighted by molar-refractivity contribution is -0.118. The summed E-state index contributed by atoms with van der Waals surface area (Å²) in [5.41, 5.74) is 2.47. The lowest BCUT2D eigenvalue weighted by Gasteiger charge is -2.20. The summed E-state index contributed by atoms with van der Waals surface area (Å²) in [6, 6.07) is 15.9. The second-order valence-electron chi connectivity index (χ2n) is 8.50. The molecule has 198 valence electrons. The number of ether oxygens (including phenoxy) is 3. The molecule has 4 rings (SSSR count). The van der Waals surface area contributed by atoms with Crippen molar-refractivity contribution in [2.75, 3.05) is 37.0 Å². The Morgan fingerprint density at radius 3 is 2.21 bits per heavy atom. The van der Waals surface area contributed by atoms with Gasteiger partial charge in [-0.1, -0.05) is 18.2 Å². The molecule has 0 spiro atoms. The highest BCUT2D eigenvalue weighted by Crippen LogP contribution is 2.33. The lowest BCUT2D eigenvalue weighted by atomic mass is 10.1. The number of esters is 2. The molecule has 1 heterocycles. The van der Waals surface area contributed by atoms with Gasteiger partial charge >= 0.3 is 11.9 Å². The van der Waals surface area contributed by atoms with Gasteiger partial charge in [0.15, 0.2) is 6.61 Å². The van der Waals surface area contributed by atoms with Gasteiger partial charge in [0.1, 0.15) is 5.75 Å². The Morgan fingerprint density at radius 1 is 0.921 bits per heavy atom. The molecule has 1 amide bonds. The summed E-state index contributed by atoms with van der Waals surface area (Å²) in [6.45, 7) is 1.66. The third-order valence-corrected chi connectivity index (χ3v) is 7.81. The molecule has 11 heteroatoms. The molecule has 0 bridgehead atoms. The van der Waals surface area contributed by atoms with Crippen molar-refractivity contribution in [2.24, 2.45) is 0 Å². The molecule has 0 aliphatic carbocycles. The van der Waals surface area contributed by atoms with Gasteiger partial charge in [0.2, 0.25) is 0 Å². The van der Waals surface area contributed by atoms with Crippen LogP contribution in [0.2, 0.25) is 0 Å². The number of nitrogens with zero attached hydrogens (tertiary/aromatic N) is 1. The summed E-state index contributed by atoms with van der Waals surface area (Å²) in [4.78, 5) is 36.6. The van der Waals surface area contributed by atoms with Crippen molar-refractivity contribution in [1.29, 1.82) is 0 Å². The molecule has 10 nitrogen and oxygen atoms in total. The van der Waals surface area contributed by atoms with Crippen LogP contribution in [0.15, 0.2) is 65.6 Å². The second-order valence-corrected chi connectivity index (χ2v) is 10.4. The van der Waals surface area contributed by atoms with Crippen LogP contribution < -0.4 is 14.4 Å². The third-order valence-electron chi connectivity index (χ3n) is 6.00. The summed E-state index contributed by atoms with van der Waals surface area (Å²) >= 11 is 0. The standard InChI is InChI=1S/C27H26N2O8S/c1-17-12-22(38(33,34)29-11-10-18-6-4-5-7-23(18)29)8-9-24(17)37-16-25(30)28-21-14-19(26(31)35-2)13-20(15-21)27(32)36-3/h4-9,12-15H,10-11,16H2,1-3H3,(H,28,30). The number of carbonyl (C=O) groups is 3. The number of amides is 1. The monoisotopic (exact) mass is 538 g/mol. The summed E-state index contributed by atoms with van der Waals surface area (Å²) in [5.74, 6) is -1.61. The molecule has 1 aliphatic heterocycles. The van der Waals surface area contributed by atoms with Crippen molar-refractivity contribution in [2.45, 2.75) is 18.2 Å². The average molecular weight is 539 g/mol. The van der Waals surface area contributed by atoms with Crippen molar-refractivity contribution in [3.63, 3.8) is 0 Å². The number of fused-ring (bicyclic) bond motifs is 1. The number of nitrogens with one attached hydrogen (secondary N) is 1. The smallest absolute Gasteiger partial charge is 0.337 e. The molecular formula is C27H26N2O8S. The van der Waals surface area contributed by atoms with Crippen molar-refractivity contribution in [3.05, 3.63) is 82.9 Å². The minimum atomic E-state index is -3.77. The number of methoxy groups -OCH3 is 2. The highest BCUT2D eigenvalue weighted by molar-refractivity contribution is 7.92. The Hall–Kier alpha value is -4.38. The molecule has 0 unspecified atom stereocenters. The van der Waals surface area contributed by atoms with E-state index in [0.29, 0.717) is 30.0 Å². The highest BCUT2D eigenvalue weighted by Gasteiger charge is 2.31. The van der Waals surface area contributed by atoms with Crippen LogP contribution in [0.5, 0.6) is 5.75 Å². The van der Waals surface area contributed by atoms with Gasteiger partial charge in [-0.15, -0.1) is 0 Å². The van der Waals surface area contributed by atoms with E-state index >= 15 is 0 Å². The first kappa shape index (κ1) is 26.7. The van der Waals surface area contributed by atoms with Gasteiger partial charge in [-0.3, -0.25) is 9.10 Å². The number of aryl methyl sites for hydroxylation is 1. The van der Waals surface area contributed by atoms with E-state index < -0.39 is 34.5 Å². The number of hydrogen-bond donors (Lipinski definition) is 1. The molecule has 0 saturated heterocycles. The summed E-state index contributed by atoms with van der Waals surface area (Å²) in [7, 11) is -1.37. The Labute approximate surface area is 220 Å². The topological polar surface area (TPSA) is 128 Å². The van der Waals surface area contributed by atoms with Gasteiger partial charge in [0, 0.05) is 12.2 Å². The van der Waals surface area contributed by atoms with Crippen LogP contribution in [-0.4, -0.2) is 53.6 Å². The number of anilines is 2. The predicted molar refractivity (Wildman–Crippen MR) is 139 cm³/mol. The number of rotatable bonds is 8. The SMILES string of the molecule is COC(=O)c1cc(NC(=O)COc2ccc(S(=O)(=O)N3CCc4ccccc43)cc2C)cc(C(=O)OC)c1. The maximum Gasteiger partial charge on any atom is 0.337 e. The number of hydrogen-bond acceptors (Lipinski definition) is 8. The van der Waals surface area contributed by atoms with Gasteiger partial charge in [-0.2, -0.15) is 0 Å². The first-order chi connectivity index (χ1) is 18.1. The Balaban J connectivity index is 1.45. The fourth-order valence-electron chi connectivity index (χ4n) is 4.14. The maximum absolute atomic E-state index is 13.3. The van der Waals surface area contributed by atoms with Crippen molar-refractivity contribution < 1.29 is 37.0 Å². The van der Waals surface area contributed by atoms with E-state index in [4.69, 9.17) is 14.2 Å². The van der Waals surface area contributed by atoms with Crippen LogP contribution in [0.25, 0.3) is 0 Å². The van der Waals surface area contributed by atoms with E-state index in [-0.39, 0.29) is 21.7 Å². The number of carbonyl (C=O) groups excluding carboxylic acids is 3. The van der Waals surface area contributed by atoms with Crippen LogP contribution in [0.4, 0.5) is 11.4 Å². The summed E-state index contributed by atoms with van der Waals surface area (Å²) in [6.07, 6.45) is 0.647. The molecule has 0 atom stereocenters. The lowest BCUT2D eigenvalue weighted by Crippen LogP contribution is -2.29. The van der Waals surface area contributed by atoms with E-state index in [0.717, 1.165) is 5.56 Å². The molecule has 0 radical (unpaired) electrons. The number of sulfonamides is 1. The zero-order valence-electron chi connectivity index (χ0n) is 21.0. The fourth-order valence-corrected chi connectivity index (χ4v) is 5.73. The zero-order chi connectivity index (χ0) is 27.4. The maximum atomic E-state index is 13.3.